The lowest BCUT2D eigenvalue weighted by atomic mass is 9.92. The predicted octanol–water partition coefficient (Wildman–Crippen LogP) is 4.53. The number of benzene rings is 2. The Kier molecular flexibility index (Phi) is 9.77. The molecule has 1 aliphatic carbocycles. The number of hydrogen-bond donors (Lipinski definition) is 4. The van der Waals surface area contributed by atoms with Crippen LogP contribution in [-0.2, 0) is 20.4 Å². The lowest BCUT2D eigenvalue weighted by Crippen LogP contribution is -2.47. The van der Waals surface area contributed by atoms with Crippen LogP contribution in [-0.4, -0.2) is 60.3 Å². The van der Waals surface area contributed by atoms with Crippen molar-refractivity contribution in [2.75, 3.05) is 29.5 Å². The number of halogens is 4. The summed E-state index contributed by atoms with van der Waals surface area (Å²) in [6.45, 7) is 2.63. The van der Waals surface area contributed by atoms with Crippen molar-refractivity contribution in [1.29, 1.82) is 0 Å². The molecule has 1 aliphatic rings. The number of alkyl halides is 3. The van der Waals surface area contributed by atoms with E-state index < -0.39 is 51.6 Å². The molecule has 2 amide bonds. The second-order valence-electron chi connectivity index (χ2n) is 11.0. The lowest BCUT2D eigenvalue weighted by Gasteiger charge is -2.23. The van der Waals surface area contributed by atoms with Crippen molar-refractivity contribution in [1.82, 2.24) is 25.0 Å². The van der Waals surface area contributed by atoms with E-state index in [0.717, 1.165) is 18.4 Å². The molecule has 4 rings (SSSR count). The van der Waals surface area contributed by atoms with Crippen LogP contribution in [0.1, 0.15) is 49.5 Å². The van der Waals surface area contributed by atoms with Crippen LogP contribution in [0.2, 0.25) is 5.02 Å². The number of carbonyl (C=O) groups excluding carboxylic acids is 2. The zero-order chi connectivity index (χ0) is 33.0. The summed E-state index contributed by atoms with van der Waals surface area (Å²) >= 11 is 6.00. The highest BCUT2D eigenvalue weighted by molar-refractivity contribution is 7.90. The third-order valence-electron chi connectivity index (χ3n) is 6.81. The van der Waals surface area contributed by atoms with E-state index in [4.69, 9.17) is 16.3 Å². The SMILES string of the molecule is CCS(=O)(=O)NC(=O)C(C)(C)CNC(=O)c1ccc(Nc2nc(NC3(c4ccc(Cl)cc4)CC3)nc(OCC(F)(F)F)n2)cc1. The van der Waals surface area contributed by atoms with E-state index in [1.165, 1.54) is 45.0 Å². The van der Waals surface area contributed by atoms with Crippen LogP contribution in [0.4, 0.5) is 30.8 Å². The summed E-state index contributed by atoms with van der Waals surface area (Å²) in [7, 11) is -3.76. The third-order valence-corrected chi connectivity index (χ3v) is 8.32. The zero-order valence-electron chi connectivity index (χ0n) is 24.5. The number of hydrogen-bond acceptors (Lipinski definition) is 10. The third kappa shape index (κ3) is 9.41. The van der Waals surface area contributed by atoms with Crippen LogP contribution >= 0.6 is 11.6 Å². The number of sulfonamides is 1. The highest BCUT2D eigenvalue weighted by Gasteiger charge is 2.45. The Morgan fingerprint density at radius 1 is 0.978 bits per heavy atom. The molecule has 0 unspecified atom stereocenters. The quantitative estimate of drug-likeness (QED) is 0.203. The van der Waals surface area contributed by atoms with E-state index >= 15 is 0 Å². The van der Waals surface area contributed by atoms with Gasteiger partial charge >= 0.3 is 12.2 Å². The molecule has 0 saturated heterocycles. The van der Waals surface area contributed by atoms with Gasteiger partial charge in [0, 0.05) is 22.8 Å². The maximum Gasteiger partial charge on any atom is 0.422 e. The van der Waals surface area contributed by atoms with E-state index in [1.54, 1.807) is 12.1 Å². The lowest BCUT2D eigenvalue weighted by molar-refractivity contribution is -0.154. The number of carbonyl (C=O) groups is 2. The molecule has 2 aromatic carbocycles. The van der Waals surface area contributed by atoms with Crippen LogP contribution in [0, 0.1) is 5.41 Å². The van der Waals surface area contributed by atoms with Gasteiger partial charge in [-0.25, -0.2) is 8.42 Å². The fourth-order valence-electron chi connectivity index (χ4n) is 3.94. The molecule has 242 valence electrons. The summed E-state index contributed by atoms with van der Waals surface area (Å²) < 4.78 is 68.8. The van der Waals surface area contributed by atoms with Crippen molar-refractivity contribution in [2.24, 2.45) is 5.41 Å². The Hall–Kier alpha value is -4.18. The maximum absolute atomic E-state index is 12.9. The van der Waals surface area contributed by atoms with Gasteiger partial charge in [0.05, 0.1) is 16.7 Å². The van der Waals surface area contributed by atoms with Crippen molar-refractivity contribution >= 4 is 51.0 Å². The first-order valence-corrected chi connectivity index (χ1v) is 15.7. The average molecular weight is 670 g/mol. The van der Waals surface area contributed by atoms with Crippen LogP contribution in [0.3, 0.4) is 0 Å². The Bertz CT molecular complexity index is 1650. The molecular weight excluding hydrogens is 639 g/mol. The van der Waals surface area contributed by atoms with E-state index in [0.29, 0.717) is 10.7 Å². The maximum atomic E-state index is 12.9. The first kappa shape index (κ1) is 33.7. The van der Waals surface area contributed by atoms with Crippen LogP contribution < -0.4 is 25.4 Å². The molecule has 0 radical (unpaired) electrons. The number of amides is 2. The summed E-state index contributed by atoms with van der Waals surface area (Å²) in [5, 5.41) is 9.22. The number of nitrogens with zero attached hydrogens (tertiary/aromatic N) is 3. The molecule has 1 aromatic heterocycles. The molecule has 45 heavy (non-hydrogen) atoms. The van der Waals surface area contributed by atoms with Crippen molar-refractivity contribution in [3.63, 3.8) is 0 Å². The summed E-state index contributed by atoms with van der Waals surface area (Å²) in [5.41, 5.74) is -0.220. The average Bonchev–Trinajstić information content (AvgIpc) is 3.75. The molecule has 1 fully saturated rings. The van der Waals surface area contributed by atoms with Gasteiger partial charge in [-0.3, -0.25) is 14.3 Å². The summed E-state index contributed by atoms with van der Waals surface area (Å²) in [4.78, 5) is 37.4. The monoisotopic (exact) mass is 669 g/mol. The molecule has 0 atom stereocenters. The van der Waals surface area contributed by atoms with Gasteiger partial charge in [-0.2, -0.15) is 28.1 Å². The Labute approximate surface area is 262 Å². The number of aromatic nitrogens is 3. The highest BCUT2D eigenvalue weighted by atomic mass is 35.5. The number of rotatable bonds is 13. The fourth-order valence-corrected chi connectivity index (χ4v) is 4.77. The fraction of sp³-hybridized carbons (Fsp3) is 0.393. The molecule has 12 nitrogen and oxygen atoms in total. The summed E-state index contributed by atoms with van der Waals surface area (Å²) in [6.07, 6.45) is -3.16. The summed E-state index contributed by atoms with van der Waals surface area (Å²) in [6, 6.07) is 12.6. The number of ether oxygens (including phenoxy) is 1. The Balaban J connectivity index is 1.46. The van der Waals surface area contributed by atoms with Crippen molar-refractivity contribution in [3.8, 4) is 6.01 Å². The minimum atomic E-state index is -4.61. The van der Waals surface area contributed by atoms with Gasteiger partial charge in [0.15, 0.2) is 6.61 Å². The van der Waals surface area contributed by atoms with E-state index in [9.17, 15) is 31.2 Å². The van der Waals surface area contributed by atoms with Crippen molar-refractivity contribution in [3.05, 3.63) is 64.7 Å². The van der Waals surface area contributed by atoms with Gasteiger partial charge in [0.1, 0.15) is 0 Å². The van der Waals surface area contributed by atoms with Gasteiger partial charge in [-0.15, -0.1) is 0 Å². The van der Waals surface area contributed by atoms with Gasteiger partial charge < -0.3 is 20.7 Å². The number of nitrogens with one attached hydrogen (secondary N) is 4. The van der Waals surface area contributed by atoms with E-state index in [2.05, 4.69) is 30.9 Å². The summed E-state index contributed by atoms with van der Waals surface area (Å²) in [5.74, 6) is -1.66. The smallest absolute Gasteiger partial charge is 0.422 e. The molecule has 4 N–H and O–H groups in total. The molecule has 1 saturated carbocycles. The van der Waals surface area contributed by atoms with Crippen molar-refractivity contribution < 1.29 is 35.9 Å². The predicted molar refractivity (Wildman–Crippen MR) is 161 cm³/mol. The van der Waals surface area contributed by atoms with Crippen LogP contribution in [0.5, 0.6) is 6.01 Å². The van der Waals surface area contributed by atoms with Crippen molar-refractivity contribution in [2.45, 2.75) is 45.3 Å². The first-order chi connectivity index (χ1) is 21.0. The second kappa shape index (κ2) is 13.0. The minimum absolute atomic E-state index is 0.00786. The van der Waals surface area contributed by atoms with Gasteiger partial charge in [-0.1, -0.05) is 23.7 Å². The molecule has 0 aliphatic heterocycles. The molecule has 0 spiro atoms. The molecule has 1 heterocycles. The minimum Gasteiger partial charge on any atom is -0.454 e. The Morgan fingerprint density at radius 3 is 2.18 bits per heavy atom. The molecule has 3 aromatic rings. The zero-order valence-corrected chi connectivity index (χ0v) is 26.0. The normalized spacial score (nSPS) is 14.3. The van der Waals surface area contributed by atoms with Gasteiger partial charge in [-0.05, 0) is 75.6 Å². The molecular formula is C28H31ClF3N7O5S. The molecule has 0 bridgehead atoms. The largest absolute Gasteiger partial charge is 0.454 e. The van der Waals surface area contributed by atoms with Crippen LogP contribution in [0.25, 0.3) is 0 Å². The topological polar surface area (TPSA) is 164 Å². The van der Waals surface area contributed by atoms with Crippen LogP contribution in [0.15, 0.2) is 48.5 Å². The molecule has 17 heteroatoms. The highest BCUT2D eigenvalue weighted by Crippen LogP contribution is 2.48. The van der Waals surface area contributed by atoms with E-state index in [1.807, 2.05) is 16.9 Å². The Morgan fingerprint density at radius 2 is 1.60 bits per heavy atom. The first-order valence-electron chi connectivity index (χ1n) is 13.7. The van der Waals surface area contributed by atoms with Gasteiger partial charge in [0.2, 0.25) is 27.8 Å². The number of anilines is 3. The standard InChI is InChI=1S/C28H31ClF3N7O5S/c1-4-45(42,43)39-22(41)26(2,3)15-33-21(40)17-5-11-20(12-6-17)34-23-35-24(37-25(36-23)44-16-28(30,31)32)38-27(13-14-27)18-7-9-19(29)10-8-18/h5-12H,4,13-16H2,1-3H3,(H,33,40)(H,39,41)(H2,34,35,36,37,38). The van der Waals surface area contributed by atoms with Gasteiger partial charge in [0.25, 0.3) is 5.91 Å². The second-order valence-corrected chi connectivity index (χ2v) is 13.4. The van der Waals surface area contributed by atoms with E-state index in [-0.39, 0.29) is 29.8 Å².